The molecule has 1 saturated heterocycles. The van der Waals surface area contributed by atoms with Crippen molar-refractivity contribution in [1.82, 2.24) is 14.4 Å². The van der Waals surface area contributed by atoms with Gasteiger partial charge in [0.2, 0.25) is 0 Å². The summed E-state index contributed by atoms with van der Waals surface area (Å²) in [4.78, 5) is 17.6. The normalized spacial score (nSPS) is 15.5. The van der Waals surface area contributed by atoms with Crippen LogP contribution in [0.4, 0.5) is 0 Å². The molecule has 0 spiro atoms. The zero-order chi connectivity index (χ0) is 20.4. The highest BCUT2D eigenvalue weighted by Gasteiger charge is 2.26. The van der Waals surface area contributed by atoms with E-state index in [9.17, 15) is 4.79 Å². The molecule has 0 atom stereocenters. The Bertz CT molecular complexity index is 974. The molecule has 2 aromatic carbocycles. The van der Waals surface area contributed by atoms with Crippen molar-refractivity contribution < 1.29 is 9.53 Å². The average molecular weight is 412 g/mol. The van der Waals surface area contributed by atoms with Crippen LogP contribution in [-0.4, -0.2) is 53.6 Å². The van der Waals surface area contributed by atoms with Crippen LogP contribution in [0.3, 0.4) is 0 Å². The molecular weight excluding hydrogens is 386 g/mol. The van der Waals surface area contributed by atoms with E-state index in [4.69, 9.17) is 16.3 Å². The topological polar surface area (TPSA) is 37.7 Å². The highest BCUT2D eigenvalue weighted by atomic mass is 35.5. The van der Waals surface area contributed by atoms with E-state index in [1.54, 1.807) is 7.11 Å². The van der Waals surface area contributed by atoms with E-state index in [0.29, 0.717) is 17.3 Å². The van der Waals surface area contributed by atoms with E-state index >= 15 is 0 Å². The van der Waals surface area contributed by atoms with Gasteiger partial charge in [0.15, 0.2) is 0 Å². The number of aromatic nitrogens is 1. The quantitative estimate of drug-likeness (QED) is 0.646. The summed E-state index contributed by atoms with van der Waals surface area (Å²) in [6.07, 6.45) is 0.948. The van der Waals surface area contributed by atoms with Crippen molar-refractivity contribution >= 4 is 28.4 Å². The van der Waals surface area contributed by atoms with Crippen LogP contribution in [0, 0.1) is 0 Å². The Hall–Kier alpha value is -2.50. The van der Waals surface area contributed by atoms with Gasteiger partial charge in [-0.05, 0) is 30.2 Å². The van der Waals surface area contributed by atoms with Crippen molar-refractivity contribution in [2.75, 3.05) is 33.3 Å². The van der Waals surface area contributed by atoms with Crippen LogP contribution >= 0.6 is 11.6 Å². The van der Waals surface area contributed by atoms with Crippen molar-refractivity contribution in [2.24, 2.45) is 7.05 Å². The van der Waals surface area contributed by atoms with Crippen LogP contribution in [0.2, 0.25) is 5.02 Å². The molecule has 6 heteroatoms. The van der Waals surface area contributed by atoms with E-state index in [2.05, 4.69) is 17.0 Å². The largest absolute Gasteiger partial charge is 0.497 e. The van der Waals surface area contributed by atoms with Crippen LogP contribution in [0.1, 0.15) is 22.5 Å². The number of rotatable bonds is 4. The summed E-state index contributed by atoms with van der Waals surface area (Å²) in [5, 5.41) is 1.48. The highest BCUT2D eigenvalue weighted by Crippen LogP contribution is 2.30. The van der Waals surface area contributed by atoms with Crippen molar-refractivity contribution in [3.63, 3.8) is 0 Å². The molecule has 2 heterocycles. The fourth-order valence-corrected chi connectivity index (χ4v) is 4.42. The summed E-state index contributed by atoms with van der Waals surface area (Å²) in [5.74, 6) is 0.883. The van der Waals surface area contributed by atoms with Gasteiger partial charge in [-0.25, -0.2) is 0 Å². The van der Waals surface area contributed by atoms with Gasteiger partial charge in [-0.3, -0.25) is 9.69 Å². The first-order chi connectivity index (χ1) is 14.1. The molecule has 1 aliphatic rings. The Morgan fingerprint density at radius 3 is 2.52 bits per heavy atom. The van der Waals surface area contributed by atoms with Crippen molar-refractivity contribution in [3.8, 4) is 5.75 Å². The first-order valence-corrected chi connectivity index (χ1v) is 10.3. The maximum absolute atomic E-state index is 13.3. The van der Waals surface area contributed by atoms with Gasteiger partial charge in [-0.1, -0.05) is 41.9 Å². The number of para-hydroxylation sites is 1. The molecule has 29 heavy (non-hydrogen) atoms. The minimum absolute atomic E-state index is 0.0139. The second-order valence-electron chi connectivity index (χ2n) is 7.51. The number of hydrogen-bond donors (Lipinski definition) is 0. The molecule has 0 bridgehead atoms. The van der Waals surface area contributed by atoms with Gasteiger partial charge in [0, 0.05) is 50.7 Å². The predicted molar refractivity (Wildman–Crippen MR) is 117 cm³/mol. The molecule has 1 aromatic heterocycles. The number of nitrogens with zero attached hydrogens (tertiary/aromatic N) is 3. The number of amides is 1. The number of hydrogen-bond acceptors (Lipinski definition) is 3. The molecule has 5 nitrogen and oxygen atoms in total. The number of aryl methyl sites for hydroxylation is 1. The maximum atomic E-state index is 13.3. The lowest BCUT2D eigenvalue weighted by molar-refractivity contribution is 0.0752. The number of halogens is 1. The first kappa shape index (κ1) is 19.8. The third-order valence-electron chi connectivity index (χ3n) is 5.69. The van der Waals surface area contributed by atoms with Crippen molar-refractivity contribution in [2.45, 2.75) is 13.0 Å². The summed E-state index contributed by atoms with van der Waals surface area (Å²) >= 11 is 6.59. The van der Waals surface area contributed by atoms with Crippen LogP contribution in [-0.2, 0) is 13.6 Å². The molecule has 0 radical (unpaired) electrons. The van der Waals surface area contributed by atoms with Crippen molar-refractivity contribution in [1.29, 1.82) is 0 Å². The Balaban J connectivity index is 1.46. The molecule has 1 aliphatic heterocycles. The second kappa shape index (κ2) is 8.47. The second-order valence-corrected chi connectivity index (χ2v) is 7.89. The number of carbonyl (C=O) groups excluding carboxylic acids is 1. The Morgan fingerprint density at radius 1 is 1.03 bits per heavy atom. The molecule has 0 aliphatic carbocycles. The number of fused-ring (bicyclic) bond motifs is 1. The maximum Gasteiger partial charge on any atom is 0.272 e. The standard InChI is InChI=1S/C23H26ClN3O2/c1-25-20-7-4-3-6-19(20)21(24)22(25)23(28)27-13-5-12-26(14-15-27)16-17-8-10-18(29-2)11-9-17/h3-4,6-11H,5,12-16H2,1-2H3. The third kappa shape index (κ3) is 3.98. The van der Waals surface area contributed by atoms with E-state index < -0.39 is 0 Å². The van der Waals surface area contributed by atoms with Crippen molar-refractivity contribution in [3.05, 3.63) is 64.8 Å². The molecule has 3 aromatic rings. The fraction of sp³-hybridized carbons (Fsp3) is 0.348. The van der Waals surface area contributed by atoms with Crippen LogP contribution in [0.15, 0.2) is 48.5 Å². The van der Waals surface area contributed by atoms with Gasteiger partial charge in [0.05, 0.1) is 12.1 Å². The summed E-state index contributed by atoms with van der Waals surface area (Å²) in [6, 6.07) is 16.1. The molecule has 1 fully saturated rings. The Morgan fingerprint density at radius 2 is 1.79 bits per heavy atom. The van der Waals surface area contributed by atoms with E-state index in [0.717, 1.165) is 49.3 Å². The monoisotopic (exact) mass is 411 g/mol. The number of carbonyl (C=O) groups is 1. The molecule has 1 amide bonds. The summed E-state index contributed by atoms with van der Waals surface area (Å²) in [6.45, 7) is 4.14. The van der Waals surface area contributed by atoms with E-state index in [1.165, 1.54) is 5.56 Å². The fourth-order valence-electron chi connectivity index (χ4n) is 4.06. The number of ether oxygens (including phenoxy) is 1. The SMILES string of the molecule is COc1ccc(CN2CCCN(C(=O)c3c(Cl)c4ccccc4n3C)CC2)cc1. The van der Waals surface area contributed by atoms with Crippen LogP contribution in [0.25, 0.3) is 10.9 Å². The minimum Gasteiger partial charge on any atom is -0.497 e. The molecule has 4 rings (SSSR count). The lowest BCUT2D eigenvalue weighted by atomic mass is 10.2. The molecule has 0 N–H and O–H groups in total. The lowest BCUT2D eigenvalue weighted by Crippen LogP contribution is -2.36. The van der Waals surface area contributed by atoms with Gasteiger partial charge in [0.1, 0.15) is 11.4 Å². The Labute approximate surface area is 176 Å². The van der Waals surface area contributed by atoms with Gasteiger partial charge in [-0.2, -0.15) is 0 Å². The summed E-state index contributed by atoms with van der Waals surface area (Å²) in [5.41, 5.74) is 2.82. The minimum atomic E-state index is 0.0139. The first-order valence-electron chi connectivity index (χ1n) is 9.96. The molecular formula is C23H26ClN3O2. The molecule has 0 saturated carbocycles. The predicted octanol–water partition coefficient (Wildman–Crippen LogP) is 4.19. The van der Waals surface area contributed by atoms with E-state index in [1.807, 2.05) is 52.9 Å². The summed E-state index contributed by atoms with van der Waals surface area (Å²) < 4.78 is 7.15. The van der Waals surface area contributed by atoms with Gasteiger partial charge < -0.3 is 14.2 Å². The zero-order valence-electron chi connectivity index (χ0n) is 16.9. The highest BCUT2D eigenvalue weighted by molar-refractivity contribution is 6.38. The number of methoxy groups -OCH3 is 1. The smallest absolute Gasteiger partial charge is 0.272 e. The molecule has 0 unspecified atom stereocenters. The van der Waals surface area contributed by atoms with Crippen LogP contribution < -0.4 is 4.74 Å². The Kier molecular flexibility index (Phi) is 5.79. The van der Waals surface area contributed by atoms with E-state index in [-0.39, 0.29) is 5.91 Å². The number of benzene rings is 2. The average Bonchev–Trinajstić information content (AvgIpc) is 2.89. The van der Waals surface area contributed by atoms with Gasteiger partial charge in [-0.15, -0.1) is 0 Å². The molecule has 152 valence electrons. The summed E-state index contributed by atoms with van der Waals surface area (Å²) in [7, 11) is 3.59. The third-order valence-corrected chi connectivity index (χ3v) is 6.07. The van der Waals surface area contributed by atoms with Gasteiger partial charge >= 0.3 is 0 Å². The lowest BCUT2D eigenvalue weighted by Gasteiger charge is -2.22. The van der Waals surface area contributed by atoms with Crippen LogP contribution in [0.5, 0.6) is 5.75 Å². The zero-order valence-corrected chi connectivity index (χ0v) is 17.7. The van der Waals surface area contributed by atoms with Gasteiger partial charge in [0.25, 0.3) is 5.91 Å².